The Morgan fingerprint density at radius 3 is 2.63 bits per heavy atom. The van der Waals surface area contributed by atoms with E-state index in [1.165, 1.54) is 0 Å². The molecular weight excluding hydrogens is 374 g/mol. The Kier molecular flexibility index (Phi) is 5.46. The number of benzene rings is 2. The second-order valence-electron chi connectivity index (χ2n) is 6.58. The van der Waals surface area contributed by atoms with Crippen molar-refractivity contribution in [1.82, 2.24) is 5.32 Å². The van der Waals surface area contributed by atoms with Crippen LogP contribution in [0.1, 0.15) is 30.0 Å². The van der Waals surface area contributed by atoms with Crippen molar-refractivity contribution in [2.75, 3.05) is 17.1 Å². The number of carbonyl (C=O) groups excluding carboxylic acids is 1. The molecule has 1 aliphatic rings. The lowest BCUT2D eigenvalue weighted by molar-refractivity contribution is -0.120. The summed E-state index contributed by atoms with van der Waals surface area (Å²) in [6, 6.07) is 10.3. The lowest BCUT2D eigenvalue weighted by Crippen LogP contribution is -2.42. The zero-order chi connectivity index (χ0) is 19.6. The summed E-state index contributed by atoms with van der Waals surface area (Å²) in [5.41, 5.74) is 2.08. The number of nitrogens with zero attached hydrogens (tertiary/aromatic N) is 1. The maximum Gasteiger partial charge on any atom is 0.241 e. The molecule has 0 fully saturated rings. The monoisotopic (exact) mass is 394 g/mol. The van der Waals surface area contributed by atoms with Crippen LogP contribution in [-0.4, -0.2) is 27.1 Å². The molecule has 144 valence electrons. The van der Waals surface area contributed by atoms with E-state index in [1.54, 1.807) is 0 Å². The van der Waals surface area contributed by atoms with Crippen LogP contribution in [0.3, 0.4) is 0 Å². The van der Waals surface area contributed by atoms with Crippen molar-refractivity contribution in [2.24, 2.45) is 0 Å². The van der Waals surface area contributed by atoms with E-state index in [9.17, 15) is 22.0 Å². The van der Waals surface area contributed by atoms with Gasteiger partial charge in [0.25, 0.3) is 0 Å². The molecule has 1 aliphatic carbocycles. The van der Waals surface area contributed by atoms with Crippen LogP contribution >= 0.6 is 0 Å². The van der Waals surface area contributed by atoms with Gasteiger partial charge in [0, 0.05) is 6.07 Å². The summed E-state index contributed by atoms with van der Waals surface area (Å²) in [7, 11) is -3.86. The number of hydrogen-bond donors (Lipinski definition) is 1. The van der Waals surface area contributed by atoms with Crippen LogP contribution in [0.4, 0.5) is 14.5 Å². The van der Waals surface area contributed by atoms with Crippen LogP contribution < -0.4 is 9.62 Å². The Morgan fingerprint density at radius 2 is 1.93 bits per heavy atom. The number of nitrogens with one attached hydrogen (secondary N) is 1. The molecular formula is C19H20F2N2O3S. The third-order valence-electron chi connectivity index (χ3n) is 4.58. The van der Waals surface area contributed by atoms with Crippen LogP contribution in [0.2, 0.25) is 0 Å². The van der Waals surface area contributed by atoms with Gasteiger partial charge in [-0.2, -0.15) is 0 Å². The molecule has 0 saturated carbocycles. The molecule has 2 aromatic carbocycles. The minimum atomic E-state index is -3.86. The zero-order valence-corrected chi connectivity index (χ0v) is 15.6. The van der Waals surface area contributed by atoms with E-state index < -0.39 is 34.1 Å². The summed E-state index contributed by atoms with van der Waals surface area (Å²) in [5, 5.41) is 2.86. The molecule has 5 nitrogen and oxygen atoms in total. The first kappa shape index (κ1) is 19.3. The molecule has 1 N–H and O–H groups in total. The Hall–Kier alpha value is -2.48. The highest BCUT2D eigenvalue weighted by atomic mass is 32.2. The highest BCUT2D eigenvalue weighted by Crippen LogP contribution is 2.29. The van der Waals surface area contributed by atoms with Crippen molar-refractivity contribution >= 4 is 21.6 Å². The molecule has 0 bridgehead atoms. The van der Waals surface area contributed by atoms with Gasteiger partial charge in [-0.15, -0.1) is 0 Å². The lowest BCUT2D eigenvalue weighted by atomic mass is 9.88. The van der Waals surface area contributed by atoms with Crippen LogP contribution in [0.15, 0.2) is 42.5 Å². The van der Waals surface area contributed by atoms with E-state index in [-0.39, 0.29) is 11.7 Å². The zero-order valence-electron chi connectivity index (χ0n) is 14.8. The fraction of sp³-hybridized carbons (Fsp3) is 0.316. The molecule has 1 amide bonds. The maximum atomic E-state index is 13.5. The van der Waals surface area contributed by atoms with Crippen molar-refractivity contribution in [3.8, 4) is 0 Å². The normalized spacial score (nSPS) is 16.5. The minimum absolute atomic E-state index is 0.101. The summed E-state index contributed by atoms with van der Waals surface area (Å²) in [5.74, 6) is -2.77. The number of amides is 1. The van der Waals surface area contributed by atoms with Gasteiger partial charge in [-0.05, 0) is 42.5 Å². The highest BCUT2D eigenvalue weighted by molar-refractivity contribution is 7.92. The number of aryl methyl sites for hydroxylation is 1. The first-order chi connectivity index (χ1) is 12.8. The van der Waals surface area contributed by atoms with Gasteiger partial charge in [0.15, 0.2) is 11.6 Å². The number of rotatable bonds is 5. The molecule has 1 unspecified atom stereocenters. The van der Waals surface area contributed by atoms with Crippen molar-refractivity contribution in [3.05, 3.63) is 65.2 Å². The molecule has 0 spiro atoms. The van der Waals surface area contributed by atoms with E-state index in [0.717, 1.165) is 59.1 Å². The topological polar surface area (TPSA) is 66.5 Å². The van der Waals surface area contributed by atoms with Crippen LogP contribution in [-0.2, 0) is 21.2 Å². The van der Waals surface area contributed by atoms with Crippen LogP contribution in [0, 0.1) is 11.6 Å². The first-order valence-electron chi connectivity index (χ1n) is 8.55. The molecule has 0 aromatic heterocycles. The number of fused-ring (bicyclic) bond motifs is 1. The smallest absolute Gasteiger partial charge is 0.241 e. The van der Waals surface area contributed by atoms with Gasteiger partial charge in [0.05, 0.1) is 18.0 Å². The predicted molar refractivity (Wildman–Crippen MR) is 98.8 cm³/mol. The Balaban J connectivity index is 1.79. The molecule has 0 aliphatic heterocycles. The average Bonchev–Trinajstić information content (AvgIpc) is 2.61. The molecule has 0 radical (unpaired) electrons. The molecule has 8 heteroatoms. The number of anilines is 1. The predicted octanol–water partition coefficient (Wildman–Crippen LogP) is 2.92. The van der Waals surface area contributed by atoms with Gasteiger partial charge in [0.2, 0.25) is 15.9 Å². The summed E-state index contributed by atoms with van der Waals surface area (Å²) in [4.78, 5) is 12.5. The highest BCUT2D eigenvalue weighted by Gasteiger charge is 2.25. The van der Waals surface area contributed by atoms with Gasteiger partial charge in [0.1, 0.15) is 6.54 Å². The molecule has 0 heterocycles. The summed E-state index contributed by atoms with van der Waals surface area (Å²) in [6.45, 7) is -0.511. The second-order valence-corrected chi connectivity index (χ2v) is 8.49. The van der Waals surface area contributed by atoms with E-state index in [2.05, 4.69) is 5.32 Å². The fourth-order valence-electron chi connectivity index (χ4n) is 3.31. The van der Waals surface area contributed by atoms with E-state index in [0.29, 0.717) is 0 Å². The van der Waals surface area contributed by atoms with Gasteiger partial charge >= 0.3 is 0 Å². The van der Waals surface area contributed by atoms with Crippen molar-refractivity contribution in [3.63, 3.8) is 0 Å². The number of carbonyl (C=O) groups is 1. The largest absolute Gasteiger partial charge is 0.348 e. The van der Waals surface area contributed by atoms with Crippen LogP contribution in [0.25, 0.3) is 0 Å². The average molecular weight is 394 g/mol. The molecule has 1 atom stereocenters. The van der Waals surface area contributed by atoms with Gasteiger partial charge in [-0.3, -0.25) is 9.10 Å². The number of halogens is 2. The first-order valence-corrected chi connectivity index (χ1v) is 10.4. The molecule has 0 saturated heterocycles. The SMILES string of the molecule is CS(=O)(=O)N(CC(=O)NC1CCCc2ccccc21)c1ccc(F)c(F)c1. The second kappa shape index (κ2) is 7.64. The Morgan fingerprint density at radius 1 is 1.19 bits per heavy atom. The third kappa shape index (κ3) is 4.44. The Labute approximate surface area is 157 Å². The summed E-state index contributed by atoms with van der Waals surface area (Å²) < 4.78 is 51.6. The quantitative estimate of drug-likeness (QED) is 0.848. The number of sulfonamides is 1. The van der Waals surface area contributed by atoms with Crippen molar-refractivity contribution in [1.29, 1.82) is 0 Å². The van der Waals surface area contributed by atoms with Gasteiger partial charge in [-0.1, -0.05) is 24.3 Å². The standard InChI is InChI=1S/C19H20F2N2O3S/c1-27(25,26)23(14-9-10-16(20)17(21)11-14)12-19(24)22-18-8-4-6-13-5-2-3-7-15(13)18/h2-3,5,7,9-11,18H,4,6,8,12H2,1H3,(H,22,24). The fourth-order valence-corrected chi connectivity index (χ4v) is 4.16. The third-order valence-corrected chi connectivity index (χ3v) is 5.72. The summed E-state index contributed by atoms with van der Waals surface area (Å²) >= 11 is 0. The molecule has 3 rings (SSSR count). The van der Waals surface area contributed by atoms with Gasteiger partial charge in [-0.25, -0.2) is 17.2 Å². The van der Waals surface area contributed by atoms with E-state index >= 15 is 0 Å². The minimum Gasteiger partial charge on any atom is -0.348 e. The van der Waals surface area contributed by atoms with Crippen molar-refractivity contribution < 1.29 is 22.0 Å². The van der Waals surface area contributed by atoms with Gasteiger partial charge < -0.3 is 5.32 Å². The molecule has 27 heavy (non-hydrogen) atoms. The van der Waals surface area contributed by atoms with E-state index in [1.807, 2.05) is 24.3 Å². The summed E-state index contributed by atoms with van der Waals surface area (Å²) in [6.07, 6.45) is 3.53. The lowest BCUT2D eigenvalue weighted by Gasteiger charge is -2.28. The van der Waals surface area contributed by atoms with Crippen molar-refractivity contribution in [2.45, 2.75) is 25.3 Å². The van der Waals surface area contributed by atoms with E-state index in [4.69, 9.17) is 0 Å². The number of hydrogen-bond acceptors (Lipinski definition) is 3. The Bertz CT molecular complexity index is 963. The van der Waals surface area contributed by atoms with Crippen LogP contribution in [0.5, 0.6) is 0 Å². The molecule has 2 aromatic rings. The maximum absolute atomic E-state index is 13.5.